The third kappa shape index (κ3) is 5.74. The van der Waals surface area contributed by atoms with Crippen molar-refractivity contribution >= 4 is 5.91 Å². The largest absolute Gasteiger partial charge is 0.573 e. The van der Waals surface area contributed by atoms with Crippen molar-refractivity contribution in [3.63, 3.8) is 0 Å². The summed E-state index contributed by atoms with van der Waals surface area (Å²) in [6, 6.07) is 7.26. The number of benzene rings is 1. The van der Waals surface area contributed by atoms with Gasteiger partial charge in [0.15, 0.2) is 0 Å². The molecular weight excluding hydrogens is 437 g/mol. The maximum Gasteiger partial charge on any atom is 0.573 e. The van der Waals surface area contributed by atoms with Crippen LogP contribution in [-0.2, 0) is 0 Å². The molecule has 0 unspecified atom stereocenters. The molecule has 0 bridgehead atoms. The molecule has 0 spiro atoms. The van der Waals surface area contributed by atoms with E-state index in [1.54, 1.807) is 26.0 Å². The van der Waals surface area contributed by atoms with Crippen LogP contribution in [0.3, 0.4) is 0 Å². The van der Waals surface area contributed by atoms with E-state index in [2.05, 4.69) is 25.2 Å². The summed E-state index contributed by atoms with van der Waals surface area (Å²) in [5, 5.41) is 11.0. The third-order valence-electron chi connectivity index (χ3n) is 5.84. The molecule has 1 aliphatic carbocycles. The lowest BCUT2D eigenvalue weighted by Gasteiger charge is -2.26. The summed E-state index contributed by atoms with van der Waals surface area (Å²) in [6.45, 7) is 4.08. The minimum absolute atomic E-state index is 0.253. The summed E-state index contributed by atoms with van der Waals surface area (Å²) in [4.78, 5) is 16.0. The summed E-state index contributed by atoms with van der Waals surface area (Å²) in [5.74, 6) is 1.22. The van der Waals surface area contributed by atoms with Gasteiger partial charge in [0.2, 0.25) is 11.8 Å². The van der Waals surface area contributed by atoms with E-state index in [1.165, 1.54) is 18.2 Å². The van der Waals surface area contributed by atoms with Crippen LogP contribution >= 0.6 is 0 Å². The fraction of sp³-hybridized carbons (Fsp3) is 0.435. The van der Waals surface area contributed by atoms with Gasteiger partial charge in [0, 0.05) is 30.6 Å². The van der Waals surface area contributed by atoms with Crippen molar-refractivity contribution in [2.45, 2.75) is 51.8 Å². The third-order valence-corrected chi connectivity index (χ3v) is 5.84. The van der Waals surface area contributed by atoms with Crippen molar-refractivity contribution in [3.05, 3.63) is 53.4 Å². The van der Waals surface area contributed by atoms with E-state index in [0.717, 1.165) is 31.4 Å². The molecule has 33 heavy (non-hydrogen) atoms. The summed E-state index contributed by atoms with van der Waals surface area (Å²) >= 11 is 0. The lowest BCUT2D eigenvalue weighted by molar-refractivity contribution is -0.274. The number of amides is 1. The number of carbonyl (C=O) groups excluding carboxylic acids is 1. The normalized spacial score (nSPS) is 18.8. The minimum atomic E-state index is -4.79. The average molecular weight is 462 g/mol. The zero-order valence-corrected chi connectivity index (χ0v) is 18.3. The molecule has 0 aliphatic heterocycles. The standard InChI is InChI=1S/C23H25F3N4O3/c1-13-10-19(20(28-13)17-4-3-5-18(11-17)33-23(24,25)26)21(31)27-12-15-6-8-16(9-7-15)22-30-29-14(2)32-22/h3-5,10-11,15-16,28H,6-9,12H2,1-2H3,(H,27,31). The van der Waals surface area contributed by atoms with Crippen molar-refractivity contribution in [2.75, 3.05) is 6.54 Å². The summed E-state index contributed by atoms with van der Waals surface area (Å²) in [7, 11) is 0. The highest BCUT2D eigenvalue weighted by molar-refractivity contribution is 6.00. The van der Waals surface area contributed by atoms with Crippen molar-refractivity contribution in [3.8, 4) is 17.0 Å². The van der Waals surface area contributed by atoms with E-state index in [0.29, 0.717) is 41.1 Å². The Morgan fingerprint density at radius 1 is 1.18 bits per heavy atom. The molecule has 0 radical (unpaired) electrons. The maximum absolute atomic E-state index is 12.9. The van der Waals surface area contributed by atoms with Crippen LogP contribution in [0.2, 0.25) is 0 Å². The Morgan fingerprint density at radius 3 is 2.61 bits per heavy atom. The SMILES string of the molecule is Cc1cc(C(=O)NCC2CCC(c3nnc(C)o3)CC2)c(-c2cccc(OC(F)(F)F)c2)[nH]1. The van der Waals surface area contributed by atoms with Crippen LogP contribution in [-0.4, -0.2) is 34.0 Å². The first-order chi connectivity index (χ1) is 15.7. The van der Waals surface area contributed by atoms with Gasteiger partial charge in [-0.05, 0) is 56.7 Å². The Hall–Kier alpha value is -3.30. The average Bonchev–Trinajstić information content (AvgIpc) is 3.37. The van der Waals surface area contributed by atoms with E-state index < -0.39 is 6.36 Å². The van der Waals surface area contributed by atoms with Crippen LogP contribution in [0.15, 0.2) is 34.7 Å². The monoisotopic (exact) mass is 462 g/mol. The molecule has 2 heterocycles. The number of rotatable bonds is 6. The highest BCUT2D eigenvalue weighted by Crippen LogP contribution is 2.35. The number of hydrogen-bond donors (Lipinski definition) is 2. The molecule has 0 saturated heterocycles. The fourth-order valence-corrected chi connectivity index (χ4v) is 4.27. The number of H-pyrrole nitrogens is 1. The number of nitrogens with zero attached hydrogens (tertiary/aromatic N) is 2. The van der Waals surface area contributed by atoms with E-state index in [-0.39, 0.29) is 17.6 Å². The summed E-state index contributed by atoms with van der Waals surface area (Å²) in [6.07, 6.45) is -1.08. The molecule has 10 heteroatoms. The summed E-state index contributed by atoms with van der Waals surface area (Å²) in [5.41, 5.74) is 2.00. The smallest absolute Gasteiger partial charge is 0.425 e. The van der Waals surface area contributed by atoms with E-state index >= 15 is 0 Å². The lowest BCUT2D eigenvalue weighted by atomic mass is 9.82. The topological polar surface area (TPSA) is 93.0 Å². The van der Waals surface area contributed by atoms with Gasteiger partial charge in [-0.1, -0.05) is 12.1 Å². The highest BCUT2D eigenvalue weighted by Gasteiger charge is 2.31. The first kappa shape index (κ1) is 22.9. The Morgan fingerprint density at radius 2 is 1.94 bits per heavy atom. The predicted molar refractivity (Wildman–Crippen MR) is 114 cm³/mol. The molecule has 2 N–H and O–H groups in total. The molecule has 1 aromatic carbocycles. The Kier molecular flexibility index (Phi) is 6.44. The van der Waals surface area contributed by atoms with Gasteiger partial charge in [-0.3, -0.25) is 4.79 Å². The van der Waals surface area contributed by atoms with Crippen LogP contribution < -0.4 is 10.1 Å². The Bertz CT molecular complexity index is 1110. The van der Waals surface area contributed by atoms with Gasteiger partial charge in [-0.15, -0.1) is 23.4 Å². The zero-order chi connectivity index (χ0) is 23.6. The molecule has 3 aromatic rings. The number of aromatic nitrogens is 3. The first-order valence-electron chi connectivity index (χ1n) is 10.8. The fourth-order valence-electron chi connectivity index (χ4n) is 4.27. The Labute approximate surface area is 188 Å². The molecule has 7 nitrogen and oxygen atoms in total. The molecule has 1 saturated carbocycles. The van der Waals surface area contributed by atoms with Gasteiger partial charge in [0.25, 0.3) is 5.91 Å². The molecule has 4 rings (SSSR count). The molecule has 176 valence electrons. The second-order valence-electron chi connectivity index (χ2n) is 8.40. The van der Waals surface area contributed by atoms with Gasteiger partial charge in [0.05, 0.1) is 11.3 Å². The first-order valence-corrected chi connectivity index (χ1v) is 10.8. The highest BCUT2D eigenvalue weighted by atomic mass is 19.4. The maximum atomic E-state index is 12.9. The Balaban J connectivity index is 1.38. The van der Waals surface area contributed by atoms with Crippen LogP contribution in [0.25, 0.3) is 11.3 Å². The van der Waals surface area contributed by atoms with E-state index in [1.807, 2.05) is 0 Å². The number of aryl methyl sites for hydroxylation is 2. The number of nitrogens with one attached hydrogen (secondary N) is 2. The van der Waals surface area contributed by atoms with Crippen molar-refractivity contribution in [2.24, 2.45) is 5.92 Å². The number of ether oxygens (including phenoxy) is 1. The number of hydrogen-bond acceptors (Lipinski definition) is 5. The summed E-state index contributed by atoms with van der Waals surface area (Å²) < 4.78 is 47.3. The van der Waals surface area contributed by atoms with Crippen LogP contribution in [0.1, 0.15) is 59.4 Å². The molecular formula is C23H25F3N4O3. The van der Waals surface area contributed by atoms with Gasteiger partial charge in [0.1, 0.15) is 5.75 Å². The van der Waals surface area contributed by atoms with Crippen LogP contribution in [0.4, 0.5) is 13.2 Å². The van der Waals surface area contributed by atoms with E-state index in [4.69, 9.17) is 4.42 Å². The van der Waals surface area contributed by atoms with Gasteiger partial charge in [-0.25, -0.2) is 0 Å². The van der Waals surface area contributed by atoms with Gasteiger partial charge < -0.3 is 19.5 Å². The molecule has 1 fully saturated rings. The van der Waals surface area contributed by atoms with Crippen molar-refractivity contribution in [1.29, 1.82) is 0 Å². The molecule has 1 amide bonds. The van der Waals surface area contributed by atoms with E-state index in [9.17, 15) is 18.0 Å². The predicted octanol–water partition coefficient (Wildman–Crippen LogP) is 5.28. The molecule has 2 aromatic heterocycles. The molecule has 1 aliphatic rings. The van der Waals surface area contributed by atoms with Crippen molar-refractivity contribution < 1.29 is 27.1 Å². The quantitative estimate of drug-likeness (QED) is 0.520. The number of alkyl halides is 3. The van der Waals surface area contributed by atoms with Crippen LogP contribution in [0, 0.1) is 19.8 Å². The number of halogens is 3. The zero-order valence-electron chi connectivity index (χ0n) is 18.3. The van der Waals surface area contributed by atoms with Gasteiger partial charge in [-0.2, -0.15) is 0 Å². The second-order valence-corrected chi connectivity index (χ2v) is 8.40. The molecule has 0 atom stereocenters. The number of aromatic amines is 1. The minimum Gasteiger partial charge on any atom is -0.425 e. The number of carbonyl (C=O) groups is 1. The van der Waals surface area contributed by atoms with Crippen LogP contribution in [0.5, 0.6) is 5.75 Å². The van der Waals surface area contributed by atoms with Gasteiger partial charge >= 0.3 is 6.36 Å². The lowest BCUT2D eigenvalue weighted by Crippen LogP contribution is -2.31. The van der Waals surface area contributed by atoms with Crippen molar-refractivity contribution in [1.82, 2.24) is 20.5 Å². The second kappa shape index (κ2) is 9.29.